The monoisotopic (exact) mass is 380 g/mol. The molecule has 2 N–H and O–H groups in total. The van der Waals surface area contributed by atoms with Gasteiger partial charge in [0.25, 0.3) is 5.91 Å². The predicted octanol–water partition coefficient (Wildman–Crippen LogP) is 2.29. The molecule has 1 aromatic carbocycles. The van der Waals surface area contributed by atoms with Crippen LogP contribution in [0.15, 0.2) is 30.6 Å². The van der Waals surface area contributed by atoms with Crippen LogP contribution in [0.5, 0.6) is 0 Å². The Balaban J connectivity index is 1.71. The minimum atomic E-state index is -2.99. The average molecular weight is 381 g/mol. The lowest BCUT2D eigenvalue weighted by Gasteiger charge is -2.12. The number of hydrogen-bond acceptors (Lipinski definition) is 6. The Hall–Kier alpha value is -2.19. The fourth-order valence-corrected chi connectivity index (χ4v) is 4.53. The first-order chi connectivity index (χ1) is 11.8. The van der Waals surface area contributed by atoms with Crippen molar-refractivity contribution in [2.75, 3.05) is 22.1 Å². The van der Waals surface area contributed by atoms with Gasteiger partial charge in [-0.2, -0.15) is 0 Å². The highest BCUT2D eigenvalue weighted by Gasteiger charge is 2.28. The third kappa shape index (κ3) is 4.46. The topological polar surface area (TPSA) is 101 Å². The summed E-state index contributed by atoms with van der Waals surface area (Å²) in [6, 6.07) is 6.47. The molecule has 1 aliphatic heterocycles. The molecule has 1 aliphatic rings. The van der Waals surface area contributed by atoms with E-state index in [1.165, 1.54) is 12.4 Å². The smallest absolute Gasteiger partial charge is 0.274 e. The van der Waals surface area contributed by atoms with E-state index in [4.69, 9.17) is 11.6 Å². The first-order valence-electron chi connectivity index (χ1n) is 7.69. The molecule has 3 rings (SSSR count). The Morgan fingerprint density at radius 1 is 1.28 bits per heavy atom. The fourth-order valence-electron chi connectivity index (χ4n) is 2.63. The minimum absolute atomic E-state index is 0.0719. The molecule has 1 aromatic heterocycles. The summed E-state index contributed by atoms with van der Waals surface area (Å²) in [6.07, 6.45) is 1.80. The van der Waals surface area contributed by atoms with Crippen molar-refractivity contribution in [1.29, 1.82) is 0 Å². The number of rotatable bonds is 4. The van der Waals surface area contributed by atoms with Gasteiger partial charge in [-0.05, 0) is 37.1 Å². The van der Waals surface area contributed by atoms with E-state index in [0.29, 0.717) is 22.9 Å². The lowest BCUT2D eigenvalue weighted by Crippen LogP contribution is -2.22. The van der Waals surface area contributed by atoms with Crippen molar-refractivity contribution in [3.8, 4) is 0 Å². The molecular formula is C16H17ClN4O3S. The summed E-state index contributed by atoms with van der Waals surface area (Å²) in [5, 5.41) is 6.42. The van der Waals surface area contributed by atoms with E-state index in [9.17, 15) is 13.2 Å². The largest absolute Gasteiger partial charge is 0.366 e. The third-order valence-corrected chi connectivity index (χ3v) is 5.92. The maximum absolute atomic E-state index is 12.4. The number of carbonyl (C=O) groups excluding carboxylic acids is 1. The van der Waals surface area contributed by atoms with Gasteiger partial charge in [-0.1, -0.05) is 11.6 Å². The first kappa shape index (κ1) is 17.6. The number of benzene rings is 1. The SMILES string of the molecule is Cc1cc(Cl)ccc1NC(=O)c1cc(NC2CCS(=O)(=O)C2)ncn1. The van der Waals surface area contributed by atoms with Gasteiger partial charge in [-0.3, -0.25) is 4.79 Å². The van der Waals surface area contributed by atoms with Gasteiger partial charge in [0.1, 0.15) is 17.8 Å². The maximum Gasteiger partial charge on any atom is 0.274 e. The van der Waals surface area contributed by atoms with Crippen molar-refractivity contribution in [1.82, 2.24) is 9.97 Å². The minimum Gasteiger partial charge on any atom is -0.366 e. The Morgan fingerprint density at radius 3 is 2.76 bits per heavy atom. The Labute approximate surface area is 150 Å². The molecule has 0 radical (unpaired) electrons. The summed E-state index contributed by atoms with van der Waals surface area (Å²) >= 11 is 5.91. The van der Waals surface area contributed by atoms with Crippen LogP contribution in [-0.4, -0.2) is 41.8 Å². The number of aromatic nitrogens is 2. The number of nitrogens with zero attached hydrogens (tertiary/aromatic N) is 2. The van der Waals surface area contributed by atoms with Gasteiger partial charge in [-0.25, -0.2) is 18.4 Å². The Kier molecular flexibility index (Phi) is 4.91. The molecule has 1 saturated heterocycles. The van der Waals surface area contributed by atoms with Gasteiger partial charge in [0.2, 0.25) is 0 Å². The zero-order valence-corrected chi connectivity index (χ0v) is 15.1. The molecule has 0 bridgehead atoms. The number of hydrogen-bond donors (Lipinski definition) is 2. The van der Waals surface area contributed by atoms with Gasteiger partial charge in [0.15, 0.2) is 9.84 Å². The van der Waals surface area contributed by atoms with Crippen molar-refractivity contribution in [2.24, 2.45) is 0 Å². The zero-order chi connectivity index (χ0) is 18.0. The highest BCUT2D eigenvalue weighted by atomic mass is 35.5. The number of halogens is 1. The molecule has 1 fully saturated rings. The summed E-state index contributed by atoms with van der Waals surface area (Å²) in [7, 11) is -2.99. The quantitative estimate of drug-likeness (QED) is 0.843. The van der Waals surface area contributed by atoms with E-state index in [-0.39, 0.29) is 29.1 Å². The molecule has 132 valence electrons. The van der Waals surface area contributed by atoms with Crippen LogP contribution in [0, 0.1) is 6.92 Å². The Morgan fingerprint density at radius 2 is 2.08 bits per heavy atom. The molecule has 1 unspecified atom stereocenters. The van der Waals surface area contributed by atoms with Crippen molar-refractivity contribution in [2.45, 2.75) is 19.4 Å². The summed E-state index contributed by atoms with van der Waals surface area (Å²) in [5.41, 5.74) is 1.67. The second kappa shape index (κ2) is 6.97. The molecule has 9 heteroatoms. The van der Waals surface area contributed by atoms with Crippen molar-refractivity contribution >= 4 is 38.9 Å². The summed E-state index contributed by atoms with van der Waals surface area (Å²) in [6.45, 7) is 1.84. The Bertz CT molecular complexity index is 917. The van der Waals surface area contributed by atoms with Gasteiger partial charge < -0.3 is 10.6 Å². The molecule has 25 heavy (non-hydrogen) atoms. The number of amides is 1. The molecule has 1 amide bonds. The molecule has 0 spiro atoms. The van der Waals surface area contributed by atoms with Crippen molar-refractivity contribution in [3.63, 3.8) is 0 Å². The lowest BCUT2D eigenvalue weighted by molar-refractivity contribution is 0.102. The highest BCUT2D eigenvalue weighted by Crippen LogP contribution is 2.21. The van der Waals surface area contributed by atoms with Crippen LogP contribution < -0.4 is 10.6 Å². The van der Waals surface area contributed by atoms with Gasteiger partial charge in [0, 0.05) is 22.8 Å². The summed E-state index contributed by atoms with van der Waals surface area (Å²) in [5.74, 6) is 0.284. The molecule has 2 aromatic rings. The number of sulfone groups is 1. The molecule has 7 nitrogen and oxygen atoms in total. The van der Waals surface area contributed by atoms with Gasteiger partial charge in [0.05, 0.1) is 11.5 Å². The van der Waals surface area contributed by atoms with Crippen molar-refractivity contribution < 1.29 is 13.2 Å². The lowest BCUT2D eigenvalue weighted by atomic mass is 10.2. The van der Waals surface area contributed by atoms with Gasteiger partial charge >= 0.3 is 0 Å². The van der Waals surface area contributed by atoms with Crippen LogP contribution in [-0.2, 0) is 9.84 Å². The second-order valence-electron chi connectivity index (χ2n) is 5.95. The van der Waals surface area contributed by atoms with E-state index in [0.717, 1.165) is 5.56 Å². The number of nitrogens with one attached hydrogen (secondary N) is 2. The second-order valence-corrected chi connectivity index (χ2v) is 8.61. The molecule has 0 aliphatic carbocycles. The number of carbonyl (C=O) groups is 1. The third-order valence-electron chi connectivity index (χ3n) is 3.92. The fraction of sp³-hybridized carbons (Fsp3) is 0.312. The summed E-state index contributed by atoms with van der Waals surface area (Å²) in [4.78, 5) is 20.4. The first-order valence-corrected chi connectivity index (χ1v) is 9.89. The van der Waals surface area contributed by atoms with Gasteiger partial charge in [-0.15, -0.1) is 0 Å². The standard InChI is InChI=1S/C16H17ClN4O3S/c1-10-6-11(17)2-3-13(10)21-16(22)14-7-15(19-9-18-14)20-12-4-5-25(23,24)8-12/h2-3,6-7,9,12H,4-5,8H2,1H3,(H,21,22)(H,18,19,20). The normalized spacial score (nSPS) is 18.7. The van der Waals surface area contributed by atoms with Crippen LogP contribution in [0.25, 0.3) is 0 Å². The number of anilines is 2. The molecular weight excluding hydrogens is 364 g/mol. The van der Waals surface area contributed by atoms with E-state index < -0.39 is 9.84 Å². The highest BCUT2D eigenvalue weighted by molar-refractivity contribution is 7.91. The molecule has 1 atom stereocenters. The van der Waals surface area contributed by atoms with Crippen molar-refractivity contribution in [3.05, 3.63) is 46.9 Å². The van der Waals surface area contributed by atoms with Crippen LogP contribution in [0.3, 0.4) is 0 Å². The zero-order valence-electron chi connectivity index (χ0n) is 13.5. The maximum atomic E-state index is 12.4. The number of aryl methyl sites for hydroxylation is 1. The van der Waals surface area contributed by atoms with E-state index >= 15 is 0 Å². The van der Waals surface area contributed by atoms with Crippen LogP contribution >= 0.6 is 11.6 Å². The predicted molar refractivity (Wildman–Crippen MR) is 96.9 cm³/mol. The van der Waals surface area contributed by atoms with E-state index in [1.807, 2.05) is 6.92 Å². The average Bonchev–Trinajstić information content (AvgIpc) is 2.89. The van der Waals surface area contributed by atoms with E-state index in [1.54, 1.807) is 18.2 Å². The van der Waals surface area contributed by atoms with Crippen LogP contribution in [0.2, 0.25) is 5.02 Å². The van der Waals surface area contributed by atoms with Crippen LogP contribution in [0.1, 0.15) is 22.5 Å². The molecule has 2 heterocycles. The van der Waals surface area contributed by atoms with Crippen LogP contribution in [0.4, 0.5) is 11.5 Å². The van der Waals surface area contributed by atoms with E-state index in [2.05, 4.69) is 20.6 Å². The molecule has 0 saturated carbocycles. The summed E-state index contributed by atoms with van der Waals surface area (Å²) < 4.78 is 23.0.